The standard InChI is InChI=1S/C11H14N2O7S/c1-7-2-3-8(6-10(7)13(17)18)21(19,20)12-9(4-5-14)11(15)16/h2-3,6,9,12,14H,4-5H2,1H3,(H,15,16). The number of hydrogen-bond donors (Lipinski definition) is 3. The quantitative estimate of drug-likeness (QED) is 0.474. The maximum atomic E-state index is 12.0. The van der Waals surface area contributed by atoms with Gasteiger partial charge in [0.05, 0.1) is 9.82 Å². The summed E-state index contributed by atoms with van der Waals surface area (Å²) in [6.07, 6.45) is -0.317. The Balaban J connectivity index is 3.16. The van der Waals surface area contributed by atoms with E-state index in [4.69, 9.17) is 10.2 Å². The summed E-state index contributed by atoms with van der Waals surface area (Å²) >= 11 is 0. The van der Waals surface area contributed by atoms with Gasteiger partial charge in [-0.25, -0.2) is 8.42 Å². The van der Waals surface area contributed by atoms with Crippen molar-refractivity contribution in [1.29, 1.82) is 0 Å². The molecule has 0 heterocycles. The molecule has 0 bridgehead atoms. The molecule has 1 atom stereocenters. The number of sulfonamides is 1. The first-order valence-electron chi connectivity index (χ1n) is 5.80. The average molecular weight is 318 g/mol. The molecule has 0 saturated carbocycles. The van der Waals surface area contributed by atoms with Gasteiger partial charge in [0.1, 0.15) is 6.04 Å². The van der Waals surface area contributed by atoms with Crippen molar-refractivity contribution in [3.8, 4) is 0 Å². The van der Waals surface area contributed by atoms with Crippen LogP contribution in [0.2, 0.25) is 0 Å². The third-order valence-corrected chi connectivity index (χ3v) is 4.17. The van der Waals surface area contributed by atoms with Crippen molar-refractivity contribution in [2.75, 3.05) is 6.61 Å². The van der Waals surface area contributed by atoms with Crippen LogP contribution in [0, 0.1) is 17.0 Å². The second-order valence-corrected chi connectivity index (χ2v) is 5.94. The number of rotatable bonds is 7. The second kappa shape index (κ2) is 6.61. The summed E-state index contributed by atoms with van der Waals surface area (Å²) in [5.74, 6) is -1.45. The van der Waals surface area contributed by atoms with Gasteiger partial charge in [0.15, 0.2) is 0 Å². The molecule has 0 aliphatic heterocycles. The van der Waals surface area contributed by atoms with Gasteiger partial charge in [-0.2, -0.15) is 4.72 Å². The van der Waals surface area contributed by atoms with Crippen LogP contribution in [-0.2, 0) is 14.8 Å². The van der Waals surface area contributed by atoms with Gasteiger partial charge in [0.25, 0.3) is 5.69 Å². The van der Waals surface area contributed by atoms with Crippen molar-refractivity contribution in [2.24, 2.45) is 0 Å². The van der Waals surface area contributed by atoms with Crippen LogP contribution in [0.25, 0.3) is 0 Å². The number of carboxylic acid groups (broad SMARTS) is 1. The Kier molecular flexibility index (Phi) is 5.35. The van der Waals surface area contributed by atoms with Gasteiger partial charge < -0.3 is 10.2 Å². The molecule has 1 unspecified atom stereocenters. The maximum absolute atomic E-state index is 12.0. The molecule has 1 rings (SSSR count). The van der Waals surface area contributed by atoms with Crippen LogP contribution in [-0.4, -0.2) is 42.2 Å². The second-order valence-electron chi connectivity index (χ2n) is 4.23. The van der Waals surface area contributed by atoms with E-state index >= 15 is 0 Å². The Hall–Kier alpha value is -2.04. The first kappa shape index (κ1) is 17.0. The Morgan fingerprint density at radius 1 is 1.48 bits per heavy atom. The van der Waals surface area contributed by atoms with Crippen LogP contribution in [0.3, 0.4) is 0 Å². The van der Waals surface area contributed by atoms with Crippen LogP contribution in [0.1, 0.15) is 12.0 Å². The highest BCUT2D eigenvalue weighted by molar-refractivity contribution is 7.89. The third kappa shape index (κ3) is 4.21. The minimum atomic E-state index is -4.25. The fourth-order valence-electron chi connectivity index (χ4n) is 1.57. The van der Waals surface area contributed by atoms with Crippen molar-refractivity contribution in [1.82, 2.24) is 4.72 Å². The van der Waals surface area contributed by atoms with Crippen LogP contribution in [0.15, 0.2) is 23.1 Å². The predicted molar refractivity (Wildman–Crippen MR) is 71.3 cm³/mol. The maximum Gasteiger partial charge on any atom is 0.321 e. The van der Waals surface area contributed by atoms with Crippen molar-refractivity contribution in [3.05, 3.63) is 33.9 Å². The van der Waals surface area contributed by atoms with Gasteiger partial charge in [0, 0.05) is 18.2 Å². The number of aryl methyl sites for hydroxylation is 1. The highest BCUT2D eigenvalue weighted by atomic mass is 32.2. The Bertz CT molecular complexity index is 657. The van der Waals surface area contributed by atoms with Crippen LogP contribution >= 0.6 is 0 Å². The Labute approximate surface area is 120 Å². The number of nitro groups is 1. The lowest BCUT2D eigenvalue weighted by atomic mass is 10.2. The summed E-state index contributed by atoms with van der Waals surface area (Å²) < 4.78 is 25.9. The zero-order chi connectivity index (χ0) is 16.2. The van der Waals surface area contributed by atoms with Crippen LogP contribution < -0.4 is 4.72 Å². The fourth-order valence-corrected chi connectivity index (χ4v) is 2.81. The Morgan fingerprint density at radius 3 is 2.57 bits per heavy atom. The summed E-state index contributed by atoms with van der Waals surface area (Å²) in [6, 6.07) is 1.74. The fraction of sp³-hybridized carbons (Fsp3) is 0.364. The van der Waals surface area contributed by atoms with Gasteiger partial charge >= 0.3 is 5.97 Å². The van der Waals surface area contributed by atoms with Gasteiger partial charge in [-0.05, 0) is 19.4 Å². The largest absolute Gasteiger partial charge is 0.480 e. The molecule has 3 N–H and O–H groups in total. The van der Waals surface area contributed by atoms with E-state index in [1.54, 1.807) is 0 Å². The van der Waals surface area contributed by atoms with E-state index in [0.717, 1.165) is 12.1 Å². The lowest BCUT2D eigenvalue weighted by Gasteiger charge is -2.13. The van der Waals surface area contributed by atoms with E-state index in [1.807, 2.05) is 4.72 Å². The van der Waals surface area contributed by atoms with E-state index in [2.05, 4.69) is 0 Å². The summed E-state index contributed by atoms with van der Waals surface area (Å²) in [5.41, 5.74) is -0.101. The third-order valence-electron chi connectivity index (χ3n) is 2.70. The van der Waals surface area contributed by atoms with Crippen molar-refractivity contribution in [2.45, 2.75) is 24.3 Å². The smallest absolute Gasteiger partial charge is 0.321 e. The molecular formula is C11H14N2O7S. The van der Waals surface area contributed by atoms with E-state index in [-0.39, 0.29) is 17.7 Å². The molecule has 0 aromatic heterocycles. The molecule has 1 aromatic carbocycles. The zero-order valence-electron chi connectivity index (χ0n) is 11.0. The molecule has 0 fully saturated rings. The van der Waals surface area contributed by atoms with E-state index in [9.17, 15) is 23.3 Å². The SMILES string of the molecule is Cc1ccc(S(=O)(=O)NC(CCO)C(=O)O)cc1[N+](=O)[O-]. The number of aliphatic hydroxyl groups is 1. The molecule has 0 aliphatic carbocycles. The molecule has 0 aliphatic rings. The van der Waals surface area contributed by atoms with Crippen LogP contribution in [0.4, 0.5) is 5.69 Å². The topological polar surface area (TPSA) is 147 Å². The molecule has 0 radical (unpaired) electrons. The van der Waals surface area contributed by atoms with Gasteiger partial charge in [-0.1, -0.05) is 6.07 Å². The van der Waals surface area contributed by atoms with Gasteiger partial charge in [-0.3, -0.25) is 14.9 Å². The minimum Gasteiger partial charge on any atom is -0.480 e. The molecule has 9 nitrogen and oxygen atoms in total. The number of carbonyl (C=O) groups is 1. The molecular weight excluding hydrogens is 304 g/mol. The molecule has 116 valence electrons. The molecule has 10 heteroatoms. The summed E-state index contributed by atoms with van der Waals surface area (Å²) in [5, 5.41) is 28.4. The molecule has 21 heavy (non-hydrogen) atoms. The minimum absolute atomic E-state index is 0.282. The lowest BCUT2D eigenvalue weighted by molar-refractivity contribution is -0.385. The van der Waals surface area contributed by atoms with E-state index in [1.165, 1.54) is 13.0 Å². The number of nitro benzene ring substituents is 1. The first-order chi connectivity index (χ1) is 9.69. The summed E-state index contributed by atoms with van der Waals surface area (Å²) in [7, 11) is -4.25. The highest BCUT2D eigenvalue weighted by Gasteiger charge is 2.26. The predicted octanol–water partition coefficient (Wildman–Crippen LogP) is 0.0171. The van der Waals surface area contributed by atoms with Gasteiger partial charge in [-0.15, -0.1) is 0 Å². The number of hydrogen-bond acceptors (Lipinski definition) is 6. The number of benzene rings is 1. The van der Waals surface area contributed by atoms with E-state index in [0.29, 0.717) is 0 Å². The Morgan fingerprint density at radius 2 is 2.10 bits per heavy atom. The lowest BCUT2D eigenvalue weighted by Crippen LogP contribution is -2.41. The number of aliphatic carboxylic acids is 1. The molecule has 0 amide bonds. The van der Waals surface area contributed by atoms with Crippen molar-refractivity contribution < 1.29 is 28.3 Å². The molecule has 0 spiro atoms. The van der Waals surface area contributed by atoms with Crippen molar-refractivity contribution >= 4 is 21.7 Å². The summed E-state index contributed by atoms with van der Waals surface area (Å²) in [6.45, 7) is 0.932. The van der Waals surface area contributed by atoms with E-state index < -0.39 is 38.5 Å². The monoisotopic (exact) mass is 318 g/mol. The average Bonchev–Trinajstić information content (AvgIpc) is 2.37. The normalized spacial score (nSPS) is 12.9. The zero-order valence-corrected chi connectivity index (χ0v) is 11.8. The highest BCUT2D eigenvalue weighted by Crippen LogP contribution is 2.22. The van der Waals surface area contributed by atoms with Gasteiger partial charge in [0.2, 0.25) is 10.0 Å². The summed E-state index contributed by atoms with van der Waals surface area (Å²) in [4.78, 5) is 20.5. The number of carboxylic acids is 1. The number of aliphatic hydroxyl groups excluding tert-OH is 1. The molecule has 0 saturated heterocycles. The number of nitrogens with zero attached hydrogens (tertiary/aromatic N) is 1. The number of nitrogens with one attached hydrogen (secondary N) is 1. The van der Waals surface area contributed by atoms with Crippen molar-refractivity contribution in [3.63, 3.8) is 0 Å². The van der Waals surface area contributed by atoms with Crippen LogP contribution in [0.5, 0.6) is 0 Å². The first-order valence-corrected chi connectivity index (χ1v) is 7.28. The molecule has 1 aromatic rings.